The van der Waals surface area contributed by atoms with Gasteiger partial charge in [-0.25, -0.2) is 4.98 Å². The van der Waals surface area contributed by atoms with Gasteiger partial charge in [0.1, 0.15) is 11.6 Å². The molecule has 1 saturated heterocycles. The first-order chi connectivity index (χ1) is 13.1. The molecule has 6 nitrogen and oxygen atoms in total. The Kier molecular flexibility index (Phi) is 6.27. The smallest absolute Gasteiger partial charge is 0.207 e. The molecule has 0 amide bonds. The van der Waals surface area contributed by atoms with Gasteiger partial charge in [-0.1, -0.05) is 0 Å². The standard InChI is InChI=1S/C21H33N5OS/c1-14(22-16-12-20(2,3)26-21(4,5)13-16)11-18-24-19(28-25-18)23-15-7-9-17(27-6)10-8-15/h7-10,14,16,22,26H,11-13H2,1-6H3,(H,23,24,25). The van der Waals surface area contributed by atoms with Gasteiger partial charge in [0.2, 0.25) is 5.13 Å². The summed E-state index contributed by atoms with van der Waals surface area (Å²) in [7, 11) is 1.67. The highest BCUT2D eigenvalue weighted by molar-refractivity contribution is 7.09. The Hall–Kier alpha value is -1.70. The van der Waals surface area contributed by atoms with E-state index in [9.17, 15) is 0 Å². The van der Waals surface area contributed by atoms with E-state index in [1.165, 1.54) is 11.5 Å². The minimum absolute atomic E-state index is 0.146. The number of hydrogen-bond donors (Lipinski definition) is 3. The number of benzene rings is 1. The van der Waals surface area contributed by atoms with Crippen LogP contribution in [0.1, 0.15) is 53.3 Å². The summed E-state index contributed by atoms with van der Waals surface area (Å²) in [5, 5.41) is 11.7. The Balaban J connectivity index is 1.54. The van der Waals surface area contributed by atoms with Crippen LogP contribution in [0.4, 0.5) is 10.8 Å². The van der Waals surface area contributed by atoms with E-state index in [2.05, 4.69) is 59.9 Å². The van der Waals surface area contributed by atoms with Crippen LogP contribution in [0.15, 0.2) is 24.3 Å². The van der Waals surface area contributed by atoms with Gasteiger partial charge in [-0.3, -0.25) is 0 Å². The number of hydrogen-bond acceptors (Lipinski definition) is 7. The second-order valence-electron chi connectivity index (χ2n) is 9.14. The quantitative estimate of drug-likeness (QED) is 0.646. The zero-order valence-electron chi connectivity index (χ0n) is 17.8. The van der Waals surface area contributed by atoms with E-state index < -0.39 is 0 Å². The molecule has 0 saturated carbocycles. The van der Waals surface area contributed by atoms with Crippen molar-refractivity contribution in [2.45, 2.75) is 77.0 Å². The molecule has 2 heterocycles. The molecule has 0 spiro atoms. The largest absolute Gasteiger partial charge is 0.497 e. The normalized spacial score (nSPS) is 19.9. The molecule has 3 N–H and O–H groups in total. The molecular weight excluding hydrogens is 370 g/mol. The fourth-order valence-electron chi connectivity index (χ4n) is 4.36. The summed E-state index contributed by atoms with van der Waals surface area (Å²) in [5.41, 5.74) is 1.27. The van der Waals surface area contributed by atoms with Gasteiger partial charge >= 0.3 is 0 Å². The maximum atomic E-state index is 5.19. The predicted octanol–water partition coefficient (Wildman–Crippen LogP) is 4.12. The Morgan fingerprint density at radius 3 is 2.43 bits per heavy atom. The summed E-state index contributed by atoms with van der Waals surface area (Å²) in [6.45, 7) is 11.4. The molecule has 0 aliphatic carbocycles. The Bertz CT molecular complexity index is 755. The van der Waals surface area contributed by atoms with Gasteiger partial charge in [-0.05, 0) is 71.7 Å². The van der Waals surface area contributed by atoms with Crippen LogP contribution in [-0.4, -0.2) is 39.6 Å². The van der Waals surface area contributed by atoms with E-state index in [0.717, 1.165) is 41.7 Å². The van der Waals surface area contributed by atoms with Gasteiger partial charge in [0, 0.05) is 46.8 Å². The van der Waals surface area contributed by atoms with Crippen LogP contribution in [0, 0.1) is 0 Å². The predicted molar refractivity (Wildman–Crippen MR) is 117 cm³/mol. The van der Waals surface area contributed by atoms with E-state index >= 15 is 0 Å². The summed E-state index contributed by atoms with van der Waals surface area (Å²) in [6, 6.07) is 8.64. The third-order valence-corrected chi connectivity index (χ3v) is 5.68. The molecule has 1 fully saturated rings. The maximum Gasteiger partial charge on any atom is 0.207 e. The fraction of sp³-hybridized carbons (Fsp3) is 0.619. The molecule has 2 aromatic rings. The molecule has 0 radical (unpaired) electrons. The number of methoxy groups -OCH3 is 1. The van der Waals surface area contributed by atoms with Crippen molar-refractivity contribution in [3.63, 3.8) is 0 Å². The van der Waals surface area contributed by atoms with Crippen molar-refractivity contribution in [2.24, 2.45) is 0 Å². The van der Waals surface area contributed by atoms with Crippen LogP contribution in [0.2, 0.25) is 0 Å². The van der Waals surface area contributed by atoms with E-state index in [0.29, 0.717) is 12.1 Å². The van der Waals surface area contributed by atoms with Crippen molar-refractivity contribution >= 4 is 22.4 Å². The number of aromatic nitrogens is 2. The summed E-state index contributed by atoms with van der Waals surface area (Å²) >= 11 is 1.40. The Morgan fingerprint density at radius 2 is 1.82 bits per heavy atom. The maximum absolute atomic E-state index is 5.19. The lowest BCUT2D eigenvalue weighted by molar-refractivity contribution is 0.140. The van der Waals surface area contributed by atoms with Gasteiger partial charge in [0.15, 0.2) is 0 Å². The summed E-state index contributed by atoms with van der Waals surface area (Å²) in [4.78, 5) is 4.65. The van der Waals surface area contributed by atoms with E-state index in [1.54, 1.807) is 7.11 Å². The lowest BCUT2D eigenvalue weighted by Crippen LogP contribution is -2.62. The third-order valence-electron chi connectivity index (χ3n) is 5.01. The lowest BCUT2D eigenvalue weighted by Gasteiger charge is -2.47. The van der Waals surface area contributed by atoms with Gasteiger partial charge in [0.25, 0.3) is 0 Å². The van der Waals surface area contributed by atoms with Gasteiger partial charge in [-0.2, -0.15) is 4.37 Å². The molecule has 1 aliphatic heterocycles. The molecule has 0 bridgehead atoms. The van der Waals surface area contributed by atoms with E-state index in [-0.39, 0.29) is 11.1 Å². The van der Waals surface area contributed by atoms with Crippen molar-refractivity contribution in [1.29, 1.82) is 0 Å². The van der Waals surface area contributed by atoms with Crippen LogP contribution < -0.4 is 20.7 Å². The second-order valence-corrected chi connectivity index (χ2v) is 9.89. The number of nitrogens with one attached hydrogen (secondary N) is 3. The van der Waals surface area contributed by atoms with Crippen molar-refractivity contribution in [1.82, 2.24) is 20.0 Å². The zero-order valence-corrected chi connectivity index (χ0v) is 18.6. The van der Waals surface area contributed by atoms with Crippen LogP contribution in [0.5, 0.6) is 5.75 Å². The first-order valence-corrected chi connectivity index (χ1v) is 10.7. The Labute approximate surface area is 172 Å². The highest BCUT2D eigenvalue weighted by Crippen LogP contribution is 2.29. The molecule has 1 unspecified atom stereocenters. The zero-order chi connectivity index (χ0) is 20.4. The van der Waals surface area contributed by atoms with Crippen molar-refractivity contribution in [3.05, 3.63) is 30.1 Å². The third kappa shape index (κ3) is 5.90. The Morgan fingerprint density at radius 1 is 1.18 bits per heavy atom. The highest BCUT2D eigenvalue weighted by Gasteiger charge is 2.37. The number of piperidine rings is 1. The summed E-state index contributed by atoms with van der Waals surface area (Å²) < 4.78 is 9.72. The fourth-order valence-corrected chi connectivity index (χ4v) is 4.98. The van der Waals surface area contributed by atoms with E-state index in [1.807, 2.05) is 24.3 Å². The van der Waals surface area contributed by atoms with Gasteiger partial charge in [-0.15, -0.1) is 0 Å². The molecule has 3 rings (SSSR count). The van der Waals surface area contributed by atoms with Gasteiger partial charge in [0.05, 0.1) is 7.11 Å². The molecule has 1 aliphatic rings. The molecule has 1 atom stereocenters. The number of rotatable bonds is 7. The van der Waals surface area contributed by atoms with Gasteiger partial charge < -0.3 is 20.7 Å². The molecular formula is C21H33N5OS. The van der Waals surface area contributed by atoms with Crippen molar-refractivity contribution in [2.75, 3.05) is 12.4 Å². The van der Waals surface area contributed by atoms with Crippen LogP contribution in [0.3, 0.4) is 0 Å². The van der Waals surface area contributed by atoms with Crippen LogP contribution in [0.25, 0.3) is 0 Å². The summed E-state index contributed by atoms with van der Waals surface area (Å²) in [6.07, 6.45) is 3.07. The lowest BCUT2D eigenvalue weighted by atomic mass is 9.79. The first-order valence-electron chi connectivity index (χ1n) is 9.93. The average molecular weight is 404 g/mol. The number of nitrogens with zero attached hydrogens (tertiary/aromatic N) is 2. The molecule has 1 aromatic heterocycles. The number of anilines is 2. The monoisotopic (exact) mass is 403 g/mol. The minimum Gasteiger partial charge on any atom is -0.497 e. The second kappa shape index (κ2) is 8.35. The molecule has 28 heavy (non-hydrogen) atoms. The van der Waals surface area contributed by atoms with Crippen LogP contribution in [-0.2, 0) is 6.42 Å². The van der Waals surface area contributed by atoms with Crippen LogP contribution >= 0.6 is 11.5 Å². The SMILES string of the molecule is COc1ccc(Nc2nc(CC(C)NC3CC(C)(C)NC(C)(C)C3)ns2)cc1. The molecule has 7 heteroatoms. The first kappa shape index (κ1) is 21.0. The minimum atomic E-state index is 0.146. The van der Waals surface area contributed by atoms with Crippen molar-refractivity contribution in [3.8, 4) is 5.75 Å². The van der Waals surface area contributed by atoms with E-state index in [4.69, 9.17) is 4.74 Å². The average Bonchev–Trinajstić information content (AvgIpc) is 2.99. The highest BCUT2D eigenvalue weighted by atomic mass is 32.1. The van der Waals surface area contributed by atoms with Crippen molar-refractivity contribution < 1.29 is 4.74 Å². The summed E-state index contributed by atoms with van der Waals surface area (Å²) in [5.74, 6) is 1.72. The number of ether oxygens (including phenoxy) is 1. The molecule has 154 valence electrons. The topological polar surface area (TPSA) is 71.1 Å². The molecule has 1 aromatic carbocycles.